The molecule has 2 aromatic heterocycles. The fourth-order valence-corrected chi connectivity index (χ4v) is 6.53. The molecule has 1 fully saturated rings. The number of aromatic nitrogens is 3. The summed E-state index contributed by atoms with van der Waals surface area (Å²) in [4.78, 5) is 40.7. The molecule has 7 nitrogen and oxygen atoms in total. The highest BCUT2D eigenvalue weighted by molar-refractivity contribution is 7.14. The van der Waals surface area contributed by atoms with Crippen LogP contribution in [0.25, 0.3) is 27.0 Å². The molecule has 1 aliphatic heterocycles. The molecule has 42 heavy (non-hydrogen) atoms. The van der Waals surface area contributed by atoms with Gasteiger partial charge in [0.05, 0.1) is 24.0 Å². The third-order valence-corrected chi connectivity index (χ3v) is 8.68. The highest BCUT2D eigenvalue weighted by Gasteiger charge is 2.40. The van der Waals surface area contributed by atoms with Crippen molar-refractivity contribution in [2.75, 3.05) is 6.54 Å². The van der Waals surface area contributed by atoms with Gasteiger partial charge in [-0.05, 0) is 50.1 Å². The Kier molecular flexibility index (Phi) is 8.80. The zero-order valence-electron chi connectivity index (χ0n) is 23.5. The summed E-state index contributed by atoms with van der Waals surface area (Å²) in [6, 6.07) is 12.1. The SMILES string of the molecule is C/C=C\C(=C/C)c1ccc2c(c1)c(C(C)=O)cn2CC(=O)N1C[C@H](F)C[C@H]1C(=O)Cc1nnc(-c2ccccc2Cl)s1. The molecular weight excluding hydrogens is 575 g/mol. The Hall–Kier alpha value is -3.95. The summed E-state index contributed by atoms with van der Waals surface area (Å²) >= 11 is 7.52. The highest BCUT2D eigenvalue weighted by atomic mass is 35.5. The predicted octanol–water partition coefficient (Wildman–Crippen LogP) is 6.75. The molecule has 5 rings (SSSR count). The van der Waals surface area contributed by atoms with Crippen LogP contribution < -0.4 is 0 Å². The monoisotopic (exact) mass is 604 g/mol. The van der Waals surface area contributed by atoms with Crippen molar-refractivity contribution in [1.82, 2.24) is 19.7 Å². The number of carbonyl (C=O) groups is 3. The number of hydrogen-bond acceptors (Lipinski definition) is 6. The van der Waals surface area contributed by atoms with Crippen molar-refractivity contribution in [3.05, 3.63) is 88.0 Å². The average molecular weight is 605 g/mol. The minimum Gasteiger partial charge on any atom is -0.337 e. The minimum absolute atomic E-state index is 0.0630. The molecule has 0 aliphatic carbocycles. The third-order valence-electron chi connectivity index (χ3n) is 7.40. The van der Waals surface area contributed by atoms with Gasteiger partial charge in [-0.15, -0.1) is 10.2 Å². The smallest absolute Gasteiger partial charge is 0.243 e. The molecule has 3 heterocycles. The zero-order chi connectivity index (χ0) is 30.0. The van der Waals surface area contributed by atoms with Crippen molar-refractivity contribution in [2.24, 2.45) is 0 Å². The number of alkyl halides is 1. The molecule has 0 saturated carbocycles. The van der Waals surface area contributed by atoms with E-state index in [4.69, 9.17) is 11.6 Å². The van der Waals surface area contributed by atoms with E-state index in [9.17, 15) is 18.8 Å². The molecular formula is C32H30ClFN4O3S. The molecule has 0 N–H and O–H groups in total. The lowest BCUT2D eigenvalue weighted by atomic mass is 10.0. The maximum Gasteiger partial charge on any atom is 0.243 e. The Labute approximate surface area is 252 Å². The first-order chi connectivity index (χ1) is 20.2. The summed E-state index contributed by atoms with van der Waals surface area (Å²) in [5.41, 5.74) is 3.90. The number of rotatable bonds is 9. The van der Waals surface area contributed by atoms with E-state index in [0.29, 0.717) is 26.1 Å². The van der Waals surface area contributed by atoms with Crippen LogP contribution in [-0.4, -0.2) is 55.9 Å². The van der Waals surface area contributed by atoms with Crippen molar-refractivity contribution in [3.8, 4) is 10.6 Å². The van der Waals surface area contributed by atoms with E-state index in [-0.39, 0.29) is 43.4 Å². The number of halogens is 2. The van der Waals surface area contributed by atoms with Crippen LogP contribution in [0.4, 0.5) is 4.39 Å². The fourth-order valence-electron chi connectivity index (χ4n) is 5.36. The first-order valence-corrected chi connectivity index (χ1v) is 14.9. The summed E-state index contributed by atoms with van der Waals surface area (Å²) in [5, 5.41) is 10.6. The van der Waals surface area contributed by atoms with Crippen LogP contribution in [0.1, 0.15) is 48.1 Å². The molecule has 0 bridgehead atoms. The quantitative estimate of drug-likeness (QED) is 0.156. The lowest BCUT2D eigenvalue weighted by Crippen LogP contribution is -2.42. The lowest BCUT2D eigenvalue weighted by molar-refractivity contribution is -0.137. The van der Waals surface area contributed by atoms with Crippen LogP contribution in [0.3, 0.4) is 0 Å². The summed E-state index contributed by atoms with van der Waals surface area (Å²) < 4.78 is 16.3. The summed E-state index contributed by atoms with van der Waals surface area (Å²) in [5.74, 6) is -0.802. The molecule has 0 radical (unpaired) electrons. The first-order valence-electron chi connectivity index (χ1n) is 13.7. The summed E-state index contributed by atoms with van der Waals surface area (Å²) in [6.07, 6.45) is 6.16. The maximum atomic E-state index is 14.6. The molecule has 0 unspecified atom stereocenters. The van der Waals surface area contributed by atoms with Gasteiger partial charge >= 0.3 is 0 Å². The van der Waals surface area contributed by atoms with Gasteiger partial charge in [0, 0.05) is 34.6 Å². The van der Waals surface area contributed by atoms with Gasteiger partial charge < -0.3 is 9.47 Å². The topological polar surface area (TPSA) is 85.2 Å². The Morgan fingerprint density at radius 1 is 1.14 bits per heavy atom. The standard InChI is InChI=1S/C32H30ClFN4O3S/c1-4-8-20(5-2)21-11-12-27-24(13-21)25(19(3)39)17-37(27)18-31(41)38-16-22(34)14-28(38)29(40)15-30-35-36-32(42-30)23-9-6-7-10-26(23)33/h4-13,17,22,28H,14-16,18H2,1-3H3/b8-4-,20-5+/t22-,28+/m1/s1. The molecule has 1 amide bonds. The zero-order valence-corrected chi connectivity index (χ0v) is 25.1. The number of hydrogen-bond donors (Lipinski definition) is 0. The number of likely N-dealkylation sites (tertiary alicyclic amines) is 1. The van der Waals surface area contributed by atoms with Crippen LogP contribution in [-0.2, 0) is 22.6 Å². The van der Waals surface area contributed by atoms with Gasteiger partial charge in [-0.3, -0.25) is 14.4 Å². The van der Waals surface area contributed by atoms with Crippen molar-refractivity contribution in [3.63, 3.8) is 0 Å². The Balaban J connectivity index is 1.36. The highest BCUT2D eigenvalue weighted by Crippen LogP contribution is 2.32. The Morgan fingerprint density at radius 2 is 1.93 bits per heavy atom. The number of carbonyl (C=O) groups excluding carboxylic acids is 3. The number of nitrogens with zero attached hydrogens (tertiary/aromatic N) is 4. The maximum absolute atomic E-state index is 14.6. The van der Waals surface area contributed by atoms with Gasteiger partial charge in [0.15, 0.2) is 11.6 Å². The Bertz CT molecular complexity index is 1740. The second-order valence-electron chi connectivity index (χ2n) is 10.2. The van der Waals surface area contributed by atoms with Crippen molar-refractivity contribution in [2.45, 2.75) is 52.4 Å². The number of amides is 1. The van der Waals surface area contributed by atoms with E-state index in [1.807, 2.05) is 68.5 Å². The molecule has 4 aromatic rings. The van der Waals surface area contributed by atoms with Gasteiger partial charge in [-0.25, -0.2) is 4.39 Å². The number of allylic oxidation sites excluding steroid dienone is 4. The molecule has 10 heteroatoms. The Morgan fingerprint density at radius 3 is 2.64 bits per heavy atom. The van der Waals surface area contributed by atoms with Gasteiger partial charge in [-0.1, -0.05) is 65.4 Å². The van der Waals surface area contributed by atoms with Crippen molar-refractivity contribution >= 4 is 56.9 Å². The van der Waals surface area contributed by atoms with E-state index >= 15 is 0 Å². The second-order valence-corrected chi connectivity index (χ2v) is 11.7. The van der Waals surface area contributed by atoms with E-state index < -0.39 is 12.2 Å². The predicted molar refractivity (Wildman–Crippen MR) is 164 cm³/mol. The number of benzene rings is 2. The molecule has 1 aliphatic rings. The van der Waals surface area contributed by atoms with E-state index in [1.54, 1.807) is 16.8 Å². The first kappa shape index (κ1) is 29.5. The average Bonchev–Trinajstić information content (AvgIpc) is 3.69. The van der Waals surface area contributed by atoms with E-state index in [1.165, 1.54) is 23.2 Å². The molecule has 1 saturated heterocycles. The third kappa shape index (κ3) is 5.98. The lowest BCUT2D eigenvalue weighted by Gasteiger charge is -2.23. The van der Waals surface area contributed by atoms with Crippen LogP contribution >= 0.6 is 22.9 Å². The van der Waals surface area contributed by atoms with Crippen LogP contribution in [0.2, 0.25) is 5.02 Å². The number of fused-ring (bicyclic) bond motifs is 1. The molecule has 2 atom stereocenters. The normalized spacial score (nSPS) is 17.5. The molecule has 0 spiro atoms. The van der Waals surface area contributed by atoms with E-state index in [2.05, 4.69) is 10.2 Å². The van der Waals surface area contributed by atoms with Gasteiger partial charge in [0.1, 0.15) is 22.7 Å². The molecule has 2 aromatic carbocycles. The van der Waals surface area contributed by atoms with Crippen LogP contribution in [0.5, 0.6) is 0 Å². The van der Waals surface area contributed by atoms with Crippen molar-refractivity contribution < 1.29 is 18.8 Å². The van der Waals surface area contributed by atoms with Crippen LogP contribution in [0, 0.1) is 0 Å². The summed E-state index contributed by atoms with van der Waals surface area (Å²) in [6.45, 7) is 5.09. The fraction of sp³-hybridized carbons (Fsp3) is 0.281. The van der Waals surface area contributed by atoms with E-state index in [0.717, 1.165) is 22.1 Å². The van der Waals surface area contributed by atoms with Crippen LogP contribution in [0.15, 0.2) is 66.9 Å². The summed E-state index contributed by atoms with van der Waals surface area (Å²) in [7, 11) is 0. The largest absolute Gasteiger partial charge is 0.337 e. The van der Waals surface area contributed by atoms with Gasteiger partial charge in [0.25, 0.3) is 0 Å². The van der Waals surface area contributed by atoms with Crippen molar-refractivity contribution in [1.29, 1.82) is 0 Å². The second kappa shape index (κ2) is 12.5. The minimum atomic E-state index is -1.31. The number of ketones is 2. The molecule has 216 valence electrons. The number of Topliss-reactive ketones (excluding diaryl/α,β-unsaturated/α-hetero) is 2. The van der Waals surface area contributed by atoms with Gasteiger partial charge in [-0.2, -0.15) is 0 Å². The van der Waals surface area contributed by atoms with Gasteiger partial charge in [0.2, 0.25) is 5.91 Å².